The summed E-state index contributed by atoms with van der Waals surface area (Å²) in [4.78, 5) is 14.8. The summed E-state index contributed by atoms with van der Waals surface area (Å²) in [5, 5.41) is 10.9. The van der Waals surface area contributed by atoms with Crippen LogP contribution in [0.1, 0.15) is 38.9 Å². The summed E-state index contributed by atoms with van der Waals surface area (Å²) in [5.41, 5.74) is 8.42. The Labute approximate surface area is 161 Å². The van der Waals surface area contributed by atoms with E-state index in [-0.39, 0.29) is 11.7 Å². The van der Waals surface area contributed by atoms with Crippen LogP contribution in [0, 0.1) is 10.1 Å². The predicted octanol–water partition coefficient (Wildman–Crippen LogP) is 3.91. The first-order valence-electron chi connectivity index (χ1n) is 8.42. The molecule has 0 spiro atoms. The Morgan fingerprint density at radius 1 is 1.37 bits per heavy atom. The highest BCUT2D eigenvalue weighted by Crippen LogP contribution is 2.31. The van der Waals surface area contributed by atoms with Gasteiger partial charge in [0.1, 0.15) is 0 Å². The van der Waals surface area contributed by atoms with E-state index in [9.17, 15) is 14.3 Å². The van der Waals surface area contributed by atoms with Gasteiger partial charge in [-0.15, -0.1) is 6.58 Å². The average Bonchev–Trinajstić information content (AvgIpc) is 2.60. The van der Waals surface area contributed by atoms with Crippen LogP contribution in [0.25, 0.3) is 11.1 Å². The summed E-state index contributed by atoms with van der Waals surface area (Å²) >= 11 is 0. The van der Waals surface area contributed by atoms with Gasteiger partial charge < -0.3 is 5.73 Å². The van der Waals surface area contributed by atoms with Gasteiger partial charge in [0, 0.05) is 29.6 Å². The zero-order valence-electron chi connectivity index (χ0n) is 15.6. The second-order valence-corrected chi connectivity index (χ2v) is 9.07. The van der Waals surface area contributed by atoms with E-state index < -0.39 is 20.7 Å². The number of nitrogens with two attached hydrogens (primary N) is 1. The molecule has 0 saturated heterocycles. The number of nitrogen functional groups attached to an aromatic ring is 1. The van der Waals surface area contributed by atoms with Crippen molar-refractivity contribution in [1.82, 2.24) is 9.71 Å². The molecule has 3 N–H and O–H groups in total. The largest absolute Gasteiger partial charge is 0.398 e. The number of aromatic nitrogens is 1. The van der Waals surface area contributed by atoms with E-state index in [1.807, 2.05) is 26.8 Å². The summed E-state index contributed by atoms with van der Waals surface area (Å²) in [6.07, 6.45) is 3.93. The molecule has 0 fully saturated rings. The molecule has 2 aromatic rings. The second kappa shape index (κ2) is 8.41. The quantitative estimate of drug-likeness (QED) is 0.323. The molecule has 0 radical (unpaired) electrons. The highest BCUT2D eigenvalue weighted by molar-refractivity contribution is 7.84. The van der Waals surface area contributed by atoms with E-state index in [1.54, 1.807) is 24.4 Å². The molecule has 144 valence electrons. The first-order chi connectivity index (χ1) is 12.6. The molecule has 2 atom stereocenters. The van der Waals surface area contributed by atoms with Crippen molar-refractivity contribution >= 4 is 22.4 Å². The number of benzene rings is 1. The Hall–Kier alpha value is -2.58. The number of hydrogen-bond donors (Lipinski definition) is 2. The van der Waals surface area contributed by atoms with Crippen molar-refractivity contribution in [3.05, 3.63) is 65.0 Å². The standard InChI is InChI=1S/C19H24N4O3S/c1-5-6-17(22-27(26)19(2,3)4)18-11-13(9-10-21-18)15-8-7-14(23(24)25)12-16(15)20/h5,7-12,17,22H,1,6,20H2,2-4H3/t17-,27?/m0/s1. The smallest absolute Gasteiger partial charge is 0.271 e. The number of nitrogens with one attached hydrogen (secondary N) is 1. The molecule has 0 saturated carbocycles. The van der Waals surface area contributed by atoms with Gasteiger partial charge in [-0.25, -0.2) is 8.93 Å². The second-order valence-electron chi connectivity index (χ2n) is 7.07. The lowest BCUT2D eigenvalue weighted by Gasteiger charge is -2.23. The number of non-ortho nitro benzene ring substituents is 1. The molecular formula is C19H24N4O3S. The number of rotatable bonds is 7. The Morgan fingerprint density at radius 3 is 2.63 bits per heavy atom. The minimum absolute atomic E-state index is 0.0581. The average molecular weight is 388 g/mol. The number of nitro groups is 1. The minimum atomic E-state index is -1.27. The third-order valence-corrected chi connectivity index (χ3v) is 5.51. The number of nitrogens with zero attached hydrogens (tertiary/aromatic N) is 2. The minimum Gasteiger partial charge on any atom is -0.398 e. The molecule has 1 unspecified atom stereocenters. The number of pyridine rings is 1. The van der Waals surface area contributed by atoms with Gasteiger partial charge >= 0.3 is 0 Å². The van der Waals surface area contributed by atoms with Crippen molar-refractivity contribution in [2.45, 2.75) is 38.0 Å². The van der Waals surface area contributed by atoms with Crippen molar-refractivity contribution < 1.29 is 9.13 Å². The molecule has 7 nitrogen and oxygen atoms in total. The van der Waals surface area contributed by atoms with E-state index in [0.717, 1.165) is 5.56 Å². The zero-order valence-corrected chi connectivity index (χ0v) is 16.5. The van der Waals surface area contributed by atoms with E-state index in [2.05, 4.69) is 16.3 Å². The first-order valence-corrected chi connectivity index (χ1v) is 9.57. The van der Waals surface area contributed by atoms with E-state index in [0.29, 0.717) is 23.4 Å². The van der Waals surface area contributed by atoms with E-state index in [4.69, 9.17) is 5.73 Å². The molecule has 1 aromatic carbocycles. The van der Waals surface area contributed by atoms with Gasteiger partial charge in [0.25, 0.3) is 5.69 Å². The fourth-order valence-electron chi connectivity index (χ4n) is 2.43. The van der Waals surface area contributed by atoms with Crippen LogP contribution in [0.4, 0.5) is 11.4 Å². The van der Waals surface area contributed by atoms with Crippen LogP contribution in [0.15, 0.2) is 49.2 Å². The number of anilines is 1. The lowest BCUT2D eigenvalue weighted by molar-refractivity contribution is -0.384. The van der Waals surface area contributed by atoms with Crippen LogP contribution in [0.3, 0.4) is 0 Å². The summed E-state index contributed by atoms with van der Waals surface area (Å²) in [7, 11) is -1.27. The molecule has 0 aliphatic heterocycles. The van der Waals surface area contributed by atoms with E-state index in [1.165, 1.54) is 12.1 Å². The van der Waals surface area contributed by atoms with Crippen LogP contribution < -0.4 is 10.5 Å². The Balaban J connectivity index is 2.38. The van der Waals surface area contributed by atoms with E-state index >= 15 is 0 Å². The lowest BCUT2D eigenvalue weighted by Crippen LogP contribution is -2.36. The molecule has 1 heterocycles. The van der Waals surface area contributed by atoms with Gasteiger partial charge in [-0.05, 0) is 51.0 Å². The maximum Gasteiger partial charge on any atom is 0.271 e. The molecule has 1 aromatic heterocycles. The Kier molecular flexibility index (Phi) is 6.45. The van der Waals surface area contributed by atoms with Crippen molar-refractivity contribution in [1.29, 1.82) is 0 Å². The maximum absolute atomic E-state index is 12.5. The summed E-state index contributed by atoms with van der Waals surface area (Å²) in [6.45, 7) is 9.44. The Morgan fingerprint density at radius 2 is 2.07 bits per heavy atom. The normalized spacial score (nSPS) is 13.7. The number of nitro benzene ring substituents is 1. The molecule has 0 aliphatic carbocycles. The van der Waals surface area contributed by atoms with Gasteiger partial charge in [-0.1, -0.05) is 6.08 Å². The zero-order chi connectivity index (χ0) is 20.2. The molecule has 0 bridgehead atoms. The van der Waals surface area contributed by atoms with Gasteiger partial charge in [-0.3, -0.25) is 15.1 Å². The van der Waals surface area contributed by atoms with Crippen LogP contribution in [-0.2, 0) is 11.0 Å². The molecule has 0 amide bonds. The van der Waals surface area contributed by atoms with Gasteiger partial charge in [0.15, 0.2) is 0 Å². The lowest BCUT2D eigenvalue weighted by atomic mass is 10.0. The highest BCUT2D eigenvalue weighted by atomic mass is 32.2. The van der Waals surface area contributed by atoms with Crippen LogP contribution in [0.5, 0.6) is 0 Å². The fourth-order valence-corrected chi connectivity index (χ4v) is 3.26. The molecule has 0 aliphatic rings. The molecular weight excluding hydrogens is 364 g/mol. The van der Waals surface area contributed by atoms with Crippen molar-refractivity contribution in [3.63, 3.8) is 0 Å². The van der Waals surface area contributed by atoms with Crippen LogP contribution in [0.2, 0.25) is 0 Å². The molecule has 27 heavy (non-hydrogen) atoms. The van der Waals surface area contributed by atoms with Gasteiger partial charge in [0.2, 0.25) is 0 Å². The number of hydrogen-bond acceptors (Lipinski definition) is 5. The summed E-state index contributed by atoms with van der Waals surface area (Å²) in [6, 6.07) is 7.73. The van der Waals surface area contributed by atoms with Crippen LogP contribution >= 0.6 is 0 Å². The van der Waals surface area contributed by atoms with Gasteiger partial charge in [0.05, 0.1) is 32.4 Å². The first kappa shape index (κ1) is 20.7. The topological polar surface area (TPSA) is 111 Å². The maximum atomic E-state index is 12.5. The summed E-state index contributed by atoms with van der Waals surface area (Å²) < 4.78 is 15.2. The predicted molar refractivity (Wildman–Crippen MR) is 109 cm³/mol. The van der Waals surface area contributed by atoms with Crippen molar-refractivity contribution in [3.8, 4) is 11.1 Å². The van der Waals surface area contributed by atoms with Crippen LogP contribution in [-0.4, -0.2) is 18.9 Å². The monoisotopic (exact) mass is 388 g/mol. The molecule has 2 rings (SSSR count). The Bertz CT molecular complexity index is 877. The summed E-state index contributed by atoms with van der Waals surface area (Å²) in [5.74, 6) is 0. The molecule has 8 heteroatoms. The third-order valence-electron chi connectivity index (χ3n) is 3.90. The SMILES string of the molecule is C=CC[C@H](NS(=O)C(C)(C)C)c1cc(-c2ccc([N+](=O)[O-])cc2N)ccn1. The van der Waals surface area contributed by atoms with Crippen molar-refractivity contribution in [2.75, 3.05) is 5.73 Å². The third kappa shape index (κ3) is 5.21. The fraction of sp³-hybridized carbons (Fsp3) is 0.316. The van der Waals surface area contributed by atoms with Crippen molar-refractivity contribution in [2.24, 2.45) is 0 Å². The van der Waals surface area contributed by atoms with Gasteiger partial charge in [-0.2, -0.15) is 0 Å². The highest BCUT2D eigenvalue weighted by Gasteiger charge is 2.24.